The average Bonchev–Trinajstić information content (AvgIpc) is 3.19. The minimum Gasteiger partial charge on any atom is -0.387 e. The van der Waals surface area contributed by atoms with E-state index < -0.39 is 15.6 Å². The molecule has 4 saturated carbocycles. The summed E-state index contributed by atoms with van der Waals surface area (Å²) in [6, 6.07) is 0. The molecule has 8 atom stereocenters. The van der Waals surface area contributed by atoms with Crippen LogP contribution in [0.5, 0.6) is 0 Å². The second kappa shape index (κ2) is 10.2. The molecule has 1 saturated heterocycles. The van der Waals surface area contributed by atoms with Crippen molar-refractivity contribution in [3.05, 3.63) is 0 Å². The van der Waals surface area contributed by atoms with Gasteiger partial charge in [0.2, 0.25) is 10.0 Å². The molecule has 4 aliphatic carbocycles. The molecule has 1 unspecified atom stereocenters. The molecular formula is C28H48N2O5S. The summed E-state index contributed by atoms with van der Waals surface area (Å²) in [4.78, 5) is 15.8. The Bertz CT molecular complexity index is 919. The average molecular weight is 525 g/mol. The molecule has 1 heterocycles. The number of piperazine rings is 1. The lowest BCUT2D eigenvalue weighted by molar-refractivity contribution is -0.138. The third-order valence-corrected chi connectivity index (χ3v) is 12.6. The highest BCUT2D eigenvalue weighted by molar-refractivity contribution is 7.88. The standard InChI is InChI=1S/C28H48N2O5S/c1-4-35-19-28(32)12-10-21-20(17-28)5-6-23-22(21)9-11-27(2)24(23)7-8-25(27)26(31)18-29-13-15-30(16-14-29)36(3,33)34/h20-25,32H,4-19H2,1-3H3/t20-,21-,22+,23+,24?,25+,27-,28+/m0/s1. The van der Waals surface area contributed by atoms with Crippen molar-refractivity contribution in [2.24, 2.45) is 40.9 Å². The molecule has 1 aliphatic heterocycles. The zero-order valence-corrected chi connectivity index (χ0v) is 23.5. The number of Topliss-reactive ketones (excluding diaryl/α,β-unsaturated/α-hetero) is 1. The number of ketones is 1. The van der Waals surface area contributed by atoms with E-state index in [2.05, 4.69) is 11.8 Å². The molecule has 0 amide bonds. The SMILES string of the molecule is CCOC[C@@]1(O)CC[C@H]2[C@@H](CC[C@H]3C4CC[C@H](C(=O)CN5CCN(S(C)(=O)=O)CC5)[C@@]4(C)CC[C@H]23)C1. The number of hydrogen-bond donors (Lipinski definition) is 1. The van der Waals surface area contributed by atoms with Crippen molar-refractivity contribution in [1.82, 2.24) is 9.21 Å². The maximum atomic E-state index is 13.6. The number of aliphatic hydroxyl groups is 1. The zero-order chi connectivity index (χ0) is 25.7. The molecule has 1 N–H and O–H groups in total. The fourth-order valence-electron chi connectivity index (χ4n) is 9.46. The summed E-state index contributed by atoms with van der Waals surface area (Å²) >= 11 is 0. The monoisotopic (exact) mass is 524 g/mol. The summed E-state index contributed by atoms with van der Waals surface area (Å²) in [5.74, 6) is 4.04. The van der Waals surface area contributed by atoms with Gasteiger partial charge in [-0.2, -0.15) is 4.31 Å². The Morgan fingerprint density at radius 1 is 0.972 bits per heavy atom. The van der Waals surface area contributed by atoms with E-state index in [1.54, 1.807) is 0 Å². The fraction of sp³-hybridized carbons (Fsp3) is 0.964. The minimum atomic E-state index is -3.15. The molecule has 206 valence electrons. The molecule has 0 aromatic rings. The Morgan fingerprint density at radius 2 is 1.69 bits per heavy atom. The van der Waals surface area contributed by atoms with E-state index >= 15 is 0 Å². The summed E-state index contributed by atoms with van der Waals surface area (Å²) in [5, 5.41) is 11.1. The van der Waals surface area contributed by atoms with Crippen LogP contribution in [0.1, 0.15) is 71.6 Å². The minimum absolute atomic E-state index is 0.115. The Labute approximate surface area is 218 Å². The Balaban J connectivity index is 1.19. The van der Waals surface area contributed by atoms with Crippen LogP contribution >= 0.6 is 0 Å². The summed E-state index contributed by atoms with van der Waals surface area (Å²) in [6.45, 7) is 8.31. The first-order valence-corrected chi connectivity index (χ1v) is 16.4. The van der Waals surface area contributed by atoms with Gasteiger partial charge in [-0.25, -0.2) is 8.42 Å². The van der Waals surface area contributed by atoms with Crippen molar-refractivity contribution >= 4 is 15.8 Å². The van der Waals surface area contributed by atoms with E-state index in [0.717, 1.165) is 49.9 Å². The predicted octanol–water partition coefficient (Wildman–Crippen LogP) is 3.17. The van der Waals surface area contributed by atoms with Crippen molar-refractivity contribution in [2.45, 2.75) is 77.2 Å². The van der Waals surface area contributed by atoms with Crippen LogP contribution in [0.15, 0.2) is 0 Å². The summed E-state index contributed by atoms with van der Waals surface area (Å²) in [6.07, 6.45) is 11.2. The lowest BCUT2D eigenvalue weighted by Crippen LogP contribution is -2.53. The van der Waals surface area contributed by atoms with Crippen molar-refractivity contribution in [3.63, 3.8) is 0 Å². The first kappa shape index (κ1) is 27.0. The maximum Gasteiger partial charge on any atom is 0.211 e. The molecule has 0 aromatic heterocycles. The summed E-state index contributed by atoms with van der Waals surface area (Å²) in [7, 11) is -3.15. The lowest BCUT2D eigenvalue weighted by Gasteiger charge is -2.57. The normalized spacial score (nSPS) is 44.0. The number of rotatable bonds is 7. The number of fused-ring (bicyclic) bond motifs is 5. The van der Waals surface area contributed by atoms with Gasteiger partial charge < -0.3 is 9.84 Å². The summed E-state index contributed by atoms with van der Waals surface area (Å²) in [5.41, 5.74) is -0.519. The Morgan fingerprint density at radius 3 is 2.39 bits per heavy atom. The molecule has 7 nitrogen and oxygen atoms in total. The molecule has 0 bridgehead atoms. The first-order valence-electron chi connectivity index (χ1n) is 14.5. The number of carbonyl (C=O) groups is 1. The topological polar surface area (TPSA) is 87.2 Å². The van der Waals surface area contributed by atoms with Crippen LogP contribution in [0.4, 0.5) is 0 Å². The number of ether oxygens (including phenoxy) is 1. The quantitative estimate of drug-likeness (QED) is 0.551. The summed E-state index contributed by atoms with van der Waals surface area (Å²) < 4.78 is 30.8. The third-order valence-electron chi connectivity index (χ3n) is 11.2. The Hall–Kier alpha value is -0.540. The number of nitrogens with zero attached hydrogens (tertiary/aromatic N) is 2. The van der Waals surface area contributed by atoms with Gasteiger partial charge in [0.1, 0.15) is 5.78 Å². The van der Waals surface area contributed by atoms with E-state index in [1.165, 1.54) is 36.2 Å². The molecule has 8 heteroatoms. The number of sulfonamides is 1. The highest BCUT2D eigenvalue weighted by atomic mass is 32.2. The van der Waals surface area contributed by atoms with Crippen molar-refractivity contribution in [3.8, 4) is 0 Å². The smallest absolute Gasteiger partial charge is 0.211 e. The lowest BCUT2D eigenvalue weighted by atomic mass is 9.49. The second-order valence-electron chi connectivity index (χ2n) is 13.1. The van der Waals surface area contributed by atoms with Crippen LogP contribution in [-0.2, 0) is 19.6 Å². The number of hydrogen-bond acceptors (Lipinski definition) is 6. The highest BCUT2D eigenvalue weighted by Gasteiger charge is 2.59. The number of carbonyl (C=O) groups excluding carboxylic acids is 1. The van der Waals surface area contributed by atoms with Gasteiger partial charge in [0.05, 0.1) is 25.0 Å². The molecule has 0 radical (unpaired) electrons. The van der Waals surface area contributed by atoms with Crippen LogP contribution in [-0.4, -0.2) is 86.3 Å². The Kier molecular flexibility index (Phi) is 7.67. The van der Waals surface area contributed by atoms with E-state index in [0.29, 0.717) is 63.6 Å². The van der Waals surface area contributed by atoms with Gasteiger partial charge in [0, 0.05) is 38.7 Å². The highest BCUT2D eigenvalue weighted by Crippen LogP contribution is 2.64. The molecule has 5 rings (SSSR count). The fourth-order valence-corrected chi connectivity index (χ4v) is 10.3. The third kappa shape index (κ3) is 5.06. The largest absolute Gasteiger partial charge is 0.387 e. The van der Waals surface area contributed by atoms with Gasteiger partial charge in [-0.05, 0) is 99.7 Å². The molecule has 5 aliphatic rings. The van der Waals surface area contributed by atoms with E-state index in [-0.39, 0.29) is 11.3 Å². The van der Waals surface area contributed by atoms with Crippen molar-refractivity contribution in [1.29, 1.82) is 0 Å². The van der Waals surface area contributed by atoms with Gasteiger partial charge in [-0.15, -0.1) is 0 Å². The van der Waals surface area contributed by atoms with Crippen LogP contribution in [0.25, 0.3) is 0 Å². The van der Waals surface area contributed by atoms with Crippen LogP contribution in [0, 0.1) is 40.9 Å². The molecular weight excluding hydrogens is 476 g/mol. The molecule has 5 fully saturated rings. The van der Waals surface area contributed by atoms with E-state index in [9.17, 15) is 18.3 Å². The molecule has 0 aromatic carbocycles. The van der Waals surface area contributed by atoms with Crippen LogP contribution in [0.2, 0.25) is 0 Å². The van der Waals surface area contributed by atoms with Gasteiger partial charge in [-0.3, -0.25) is 9.69 Å². The molecule has 36 heavy (non-hydrogen) atoms. The van der Waals surface area contributed by atoms with Crippen molar-refractivity contribution < 1.29 is 23.1 Å². The van der Waals surface area contributed by atoms with Crippen LogP contribution < -0.4 is 0 Å². The predicted molar refractivity (Wildman–Crippen MR) is 140 cm³/mol. The second-order valence-corrected chi connectivity index (χ2v) is 15.1. The van der Waals surface area contributed by atoms with Gasteiger partial charge in [0.15, 0.2) is 0 Å². The van der Waals surface area contributed by atoms with Gasteiger partial charge in [0.25, 0.3) is 0 Å². The maximum absolute atomic E-state index is 13.6. The van der Waals surface area contributed by atoms with Gasteiger partial charge in [-0.1, -0.05) is 6.92 Å². The van der Waals surface area contributed by atoms with Crippen LogP contribution in [0.3, 0.4) is 0 Å². The van der Waals surface area contributed by atoms with Crippen molar-refractivity contribution in [2.75, 3.05) is 52.2 Å². The molecule has 0 spiro atoms. The van der Waals surface area contributed by atoms with E-state index in [1.807, 2.05) is 6.92 Å². The van der Waals surface area contributed by atoms with E-state index in [4.69, 9.17) is 4.74 Å². The van der Waals surface area contributed by atoms with Gasteiger partial charge >= 0.3 is 0 Å². The first-order chi connectivity index (χ1) is 17.0. The zero-order valence-electron chi connectivity index (χ0n) is 22.7.